The predicted octanol–water partition coefficient (Wildman–Crippen LogP) is 4.37. The zero-order valence-corrected chi connectivity index (χ0v) is 13.0. The number of hydrogen-bond acceptors (Lipinski definition) is 3. The number of hydrogen-bond donors (Lipinski definition) is 1. The number of benzene rings is 2. The molecule has 0 saturated carbocycles. The highest BCUT2D eigenvalue weighted by atomic mass is 35.5. The number of para-hydroxylation sites is 1. The lowest BCUT2D eigenvalue weighted by Crippen LogP contribution is -2.14. The Morgan fingerprint density at radius 1 is 1.32 bits per heavy atom. The molecular weight excluding hydrogens is 304 g/mol. The van der Waals surface area contributed by atoms with Crippen LogP contribution >= 0.6 is 11.6 Å². The number of anilines is 1. The summed E-state index contributed by atoms with van der Waals surface area (Å²) in [6.07, 6.45) is 0.776. The van der Waals surface area contributed by atoms with Crippen molar-refractivity contribution >= 4 is 28.9 Å². The topological polar surface area (TPSA) is 72.2 Å². The molecule has 0 atom stereocenters. The molecule has 0 aliphatic rings. The number of nitrogens with zero attached hydrogens (tertiary/aromatic N) is 1. The van der Waals surface area contributed by atoms with E-state index in [1.165, 1.54) is 18.2 Å². The van der Waals surface area contributed by atoms with Crippen molar-refractivity contribution in [3.63, 3.8) is 0 Å². The van der Waals surface area contributed by atoms with Crippen LogP contribution in [0.15, 0.2) is 36.4 Å². The van der Waals surface area contributed by atoms with E-state index in [1.807, 2.05) is 32.0 Å². The molecule has 1 amide bonds. The third-order valence-electron chi connectivity index (χ3n) is 3.38. The Balaban J connectivity index is 2.34. The lowest BCUT2D eigenvalue weighted by Gasteiger charge is -2.13. The Kier molecular flexibility index (Phi) is 4.78. The summed E-state index contributed by atoms with van der Waals surface area (Å²) >= 11 is 5.76. The SMILES string of the molecule is CCc1cccc(C)c1NC(=O)c1ccc(Cl)c([N+](=O)[O-])c1. The van der Waals surface area contributed by atoms with Gasteiger partial charge in [-0.05, 0) is 36.6 Å². The van der Waals surface area contributed by atoms with Crippen LogP contribution in [0.2, 0.25) is 5.02 Å². The van der Waals surface area contributed by atoms with Crippen molar-refractivity contribution in [2.75, 3.05) is 5.32 Å². The summed E-state index contributed by atoms with van der Waals surface area (Å²) in [6, 6.07) is 9.77. The first-order chi connectivity index (χ1) is 10.4. The van der Waals surface area contributed by atoms with E-state index in [0.29, 0.717) is 0 Å². The molecule has 2 aromatic rings. The standard InChI is InChI=1S/C16H15ClN2O3/c1-3-11-6-4-5-10(2)15(11)18-16(20)12-7-8-13(17)14(9-12)19(21)22/h4-9H,3H2,1-2H3,(H,18,20). The third kappa shape index (κ3) is 3.26. The fourth-order valence-corrected chi connectivity index (χ4v) is 2.37. The van der Waals surface area contributed by atoms with Gasteiger partial charge in [0.25, 0.3) is 11.6 Å². The van der Waals surface area contributed by atoms with Gasteiger partial charge in [-0.1, -0.05) is 36.7 Å². The number of halogens is 1. The molecule has 0 spiro atoms. The number of carbonyl (C=O) groups is 1. The molecule has 0 saturated heterocycles. The number of nitrogens with one attached hydrogen (secondary N) is 1. The van der Waals surface area contributed by atoms with Gasteiger partial charge in [0.15, 0.2) is 0 Å². The molecule has 0 fully saturated rings. The molecular formula is C16H15ClN2O3. The van der Waals surface area contributed by atoms with Gasteiger partial charge < -0.3 is 5.32 Å². The van der Waals surface area contributed by atoms with E-state index < -0.39 is 10.8 Å². The normalized spacial score (nSPS) is 10.3. The minimum atomic E-state index is -0.607. The summed E-state index contributed by atoms with van der Waals surface area (Å²) in [4.78, 5) is 22.6. The van der Waals surface area contributed by atoms with Crippen LogP contribution in [0.3, 0.4) is 0 Å². The average molecular weight is 319 g/mol. The van der Waals surface area contributed by atoms with Crippen molar-refractivity contribution in [2.24, 2.45) is 0 Å². The molecule has 0 aromatic heterocycles. The third-order valence-corrected chi connectivity index (χ3v) is 3.70. The van der Waals surface area contributed by atoms with E-state index in [-0.39, 0.29) is 16.3 Å². The van der Waals surface area contributed by atoms with Crippen molar-refractivity contribution in [3.05, 3.63) is 68.2 Å². The first kappa shape index (κ1) is 16.0. The number of nitro groups is 1. The fraction of sp³-hybridized carbons (Fsp3) is 0.188. The quantitative estimate of drug-likeness (QED) is 0.672. The van der Waals surface area contributed by atoms with Crippen molar-refractivity contribution in [1.82, 2.24) is 0 Å². The monoisotopic (exact) mass is 318 g/mol. The lowest BCUT2D eigenvalue weighted by atomic mass is 10.1. The van der Waals surface area contributed by atoms with Crippen LogP contribution in [-0.4, -0.2) is 10.8 Å². The van der Waals surface area contributed by atoms with E-state index in [4.69, 9.17) is 11.6 Å². The highest BCUT2D eigenvalue weighted by Crippen LogP contribution is 2.26. The van der Waals surface area contributed by atoms with Crippen LogP contribution in [0.1, 0.15) is 28.4 Å². The summed E-state index contributed by atoms with van der Waals surface area (Å²) < 4.78 is 0. The minimum Gasteiger partial charge on any atom is -0.321 e. The van der Waals surface area contributed by atoms with Crippen LogP contribution in [0.25, 0.3) is 0 Å². The number of amides is 1. The first-order valence-corrected chi connectivity index (χ1v) is 7.15. The van der Waals surface area contributed by atoms with Crippen molar-refractivity contribution in [2.45, 2.75) is 20.3 Å². The second-order valence-corrected chi connectivity index (χ2v) is 5.25. The van der Waals surface area contributed by atoms with E-state index in [2.05, 4.69) is 5.32 Å². The first-order valence-electron chi connectivity index (χ1n) is 6.77. The number of aryl methyl sites for hydroxylation is 2. The number of nitro benzene ring substituents is 1. The summed E-state index contributed by atoms with van der Waals surface area (Å²) in [6.45, 7) is 3.90. The molecule has 0 aliphatic heterocycles. The van der Waals surface area contributed by atoms with Gasteiger partial charge in [0.05, 0.1) is 4.92 Å². The predicted molar refractivity (Wildman–Crippen MR) is 86.6 cm³/mol. The van der Waals surface area contributed by atoms with E-state index in [9.17, 15) is 14.9 Å². The molecule has 0 unspecified atom stereocenters. The van der Waals surface area contributed by atoms with E-state index in [0.717, 1.165) is 23.2 Å². The van der Waals surface area contributed by atoms with Crippen molar-refractivity contribution in [1.29, 1.82) is 0 Å². The Labute approximate surface area is 133 Å². The van der Waals surface area contributed by atoms with Gasteiger partial charge in [0, 0.05) is 17.3 Å². The van der Waals surface area contributed by atoms with Crippen molar-refractivity contribution < 1.29 is 9.72 Å². The summed E-state index contributed by atoms with van der Waals surface area (Å²) in [7, 11) is 0. The highest BCUT2D eigenvalue weighted by molar-refractivity contribution is 6.32. The number of carbonyl (C=O) groups excluding carboxylic acids is 1. The molecule has 0 radical (unpaired) electrons. The molecule has 22 heavy (non-hydrogen) atoms. The van der Waals surface area contributed by atoms with Crippen LogP contribution in [-0.2, 0) is 6.42 Å². The van der Waals surface area contributed by atoms with Gasteiger partial charge in [-0.15, -0.1) is 0 Å². The average Bonchev–Trinajstić information content (AvgIpc) is 2.49. The minimum absolute atomic E-state index is 0.00619. The zero-order chi connectivity index (χ0) is 16.3. The molecule has 6 heteroatoms. The molecule has 2 rings (SSSR count). The van der Waals surface area contributed by atoms with Crippen molar-refractivity contribution in [3.8, 4) is 0 Å². The molecule has 5 nitrogen and oxygen atoms in total. The van der Waals surface area contributed by atoms with Gasteiger partial charge in [-0.3, -0.25) is 14.9 Å². The summed E-state index contributed by atoms with van der Waals surface area (Å²) in [5, 5.41) is 13.7. The zero-order valence-electron chi connectivity index (χ0n) is 12.2. The molecule has 0 aliphatic carbocycles. The lowest BCUT2D eigenvalue weighted by molar-refractivity contribution is -0.384. The van der Waals surface area contributed by atoms with E-state index >= 15 is 0 Å². The molecule has 0 bridgehead atoms. The molecule has 2 aromatic carbocycles. The highest BCUT2D eigenvalue weighted by Gasteiger charge is 2.17. The molecule has 114 valence electrons. The summed E-state index contributed by atoms with van der Waals surface area (Å²) in [5.41, 5.74) is 2.61. The Morgan fingerprint density at radius 2 is 2.05 bits per heavy atom. The Bertz CT molecular complexity index is 744. The maximum absolute atomic E-state index is 12.3. The molecule has 0 heterocycles. The fourth-order valence-electron chi connectivity index (χ4n) is 2.18. The maximum Gasteiger partial charge on any atom is 0.288 e. The van der Waals surface area contributed by atoms with Crippen LogP contribution in [0.4, 0.5) is 11.4 Å². The van der Waals surface area contributed by atoms with Crippen LogP contribution in [0.5, 0.6) is 0 Å². The second-order valence-electron chi connectivity index (χ2n) is 4.84. The van der Waals surface area contributed by atoms with Gasteiger partial charge in [0.1, 0.15) is 5.02 Å². The largest absolute Gasteiger partial charge is 0.321 e. The summed E-state index contributed by atoms with van der Waals surface area (Å²) in [5.74, 6) is -0.399. The Morgan fingerprint density at radius 3 is 2.68 bits per heavy atom. The maximum atomic E-state index is 12.3. The van der Waals surface area contributed by atoms with Crippen LogP contribution in [0, 0.1) is 17.0 Å². The number of rotatable bonds is 4. The smallest absolute Gasteiger partial charge is 0.288 e. The van der Waals surface area contributed by atoms with Gasteiger partial charge in [-0.2, -0.15) is 0 Å². The second kappa shape index (κ2) is 6.58. The van der Waals surface area contributed by atoms with Gasteiger partial charge >= 0.3 is 0 Å². The van der Waals surface area contributed by atoms with Gasteiger partial charge in [-0.25, -0.2) is 0 Å². The van der Waals surface area contributed by atoms with Crippen LogP contribution < -0.4 is 5.32 Å². The molecule has 1 N–H and O–H groups in total. The van der Waals surface area contributed by atoms with Gasteiger partial charge in [0.2, 0.25) is 0 Å². The Hall–Kier alpha value is -2.40. The van der Waals surface area contributed by atoms with E-state index in [1.54, 1.807) is 0 Å².